The second-order valence-electron chi connectivity index (χ2n) is 4.93. The number of aromatic nitrogens is 2. The van der Waals surface area contributed by atoms with E-state index in [1.165, 1.54) is 24.5 Å². The van der Waals surface area contributed by atoms with Crippen molar-refractivity contribution in [2.45, 2.75) is 6.54 Å². The molecule has 0 spiro atoms. The van der Waals surface area contributed by atoms with E-state index >= 15 is 0 Å². The Bertz CT molecular complexity index is 958. The van der Waals surface area contributed by atoms with Gasteiger partial charge in [0.2, 0.25) is 5.91 Å². The van der Waals surface area contributed by atoms with Gasteiger partial charge in [-0.1, -0.05) is 12.1 Å². The topological polar surface area (TPSA) is 103 Å². The molecule has 2 aromatic heterocycles. The Morgan fingerprint density at radius 3 is 2.88 bits per heavy atom. The van der Waals surface area contributed by atoms with Crippen LogP contribution in [0.15, 0.2) is 51.0 Å². The summed E-state index contributed by atoms with van der Waals surface area (Å²) in [4.78, 5) is 36.1. The number of methoxy groups -OCH3 is 1. The lowest BCUT2D eigenvalue weighted by Crippen LogP contribution is -2.25. The summed E-state index contributed by atoms with van der Waals surface area (Å²) in [6.45, 7) is -0.309. The molecule has 0 saturated carbocycles. The number of benzene rings is 1. The van der Waals surface area contributed by atoms with Gasteiger partial charge >= 0.3 is 11.7 Å². The van der Waals surface area contributed by atoms with Crippen LogP contribution in [0, 0.1) is 0 Å². The highest BCUT2D eigenvalue weighted by molar-refractivity contribution is 7.13. The maximum atomic E-state index is 12.1. The Hall–Kier alpha value is -3.20. The number of hydrogen-bond acceptors (Lipinski definition) is 7. The summed E-state index contributed by atoms with van der Waals surface area (Å²) in [7, 11) is 1.27. The summed E-state index contributed by atoms with van der Waals surface area (Å²) in [5.41, 5.74) is 0.710. The second-order valence-corrected chi connectivity index (χ2v) is 5.88. The molecule has 0 aliphatic rings. The Balaban J connectivity index is 1.71. The van der Waals surface area contributed by atoms with Crippen molar-refractivity contribution in [1.82, 2.24) is 9.78 Å². The van der Waals surface area contributed by atoms with Gasteiger partial charge in [0.1, 0.15) is 6.54 Å². The zero-order valence-electron chi connectivity index (χ0n) is 13.1. The number of carbonyl (C=O) groups excluding carboxylic acids is 2. The van der Waals surface area contributed by atoms with E-state index in [2.05, 4.69) is 15.2 Å². The lowest BCUT2D eigenvalue weighted by atomic mass is 10.2. The normalized spacial score (nSPS) is 10.4. The van der Waals surface area contributed by atoms with Crippen molar-refractivity contribution in [3.63, 3.8) is 0 Å². The van der Waals surface area contributed by atoms with Crippen LogP contribution >= 0.6 is 11.3 Å². The lowest BCUT2D eigenvalue weighted by Gasteiger charge is -2.06. The van der Waals surface area contributed by atoms with Gasteiger partial charge in [-0.25, -0.2) is 9.59 Å². The van der Waals surface area contributed by atoms with Gasteiger partial charge in [-0.05, 0) is 29.6 Å². The fourth-order valence-corrected chi connectivity index (χ4v) is 2.73. The molecule has 9 heteroatoms. The summed E-state index contributed by atoms with van der Waals surface area (Å²) in [5.74, 6) is -1.54. The van der Waals surface area contributed by atoms with Crippen LogP contribution in [-0.4, -0.2) is 28.8 Å². The standard InChI is InChI=1S/C16H13N3O5S/c1-23-15(21)10-4-2-5-11(8-10)17-13(20)9-19-16(22)24-14(18-19)12-6-3-7-25-12/h2-8H,9H2,1H3,(H,17,20). The number of anilines is 1. The van der Waals surface area contributed by atoms with Crippen LogP contribution in [0.3, 0.4) is 0 Å². The van der Waals surface area contributed by atoms with Crippen molar-refractivity contribution in [2.24, 2.45) is 0 Å². The van der Waals surface area contributed by atoms with Gasteiger partial charge in [-0.3, -0.25) is 4.79 Å². The minimum Gasteiger partial charge on any atom is -0.465 e. The maximum Gasteiger partial charge on any atom is 0.437 e. The molecule has 1 N–H and O–H groups in total. The predicted octanol–water partition coefficient (Wildman–Crippen LogP) is 1.99. The number of carbonyl (C=O) groups is 2. The highest BCUT2D eigenvalue weighted by Crippen LogP contribution is 2.21. The van der Waals surface area contributed by atoms with E-state index in [9.17, 15) is 14.4 Å². The molecule has 3 rings (SSSR count). The van der Waals surface area contributed by atoms with Gasteiger partial charge in [0.15, 0.2) is 0 Å². The molecule has 0 atom stereocenters. The zero-order valence-corrected chi connectivity index (χ0v) is 13.9. The van der Waals surface area contributed by atoms with Gasteiger partial charge < -0.3 is 14.5 Å². The van der Waals surface area contributed by atoms with E-state index in [0.29, 0.717) is 16.1 Å². The molecular formula is C16H13N3O5S. The van der Waals surface area contributed by atoms with Crippen LogP contribution in [0.5, 0.6) is 0 Å². The van der Waals surface area contributed by atoms with Crippen LogP contribution in [-0.2, 0) is 16.1 Å². The van der Waals surface area contributed by atoms with Crippen LogP contribution in [0.1, 0.15) is 10.4 Å². The lowest BCUT2D eigenvalue weighted by molar-refractivity contribution is -0.117. The highest BCUT2D eigenvalue weighted by atomic mass is 32.1. The van der Waals surface area contributed by atoms with E-state index in [1.54, 1.807) is 30.3 Å². The van der Waals surface area contributed by atoms with Gasteiger partial charge in [-0.2, -0.15) is 4.68 Å². The molecule has 0 radical (unpaired) electrons. The van der Waals surface area contributed by atoms with E-state index < -0.39 is 17.6 Å². The SMILES string of the molecule is COC(=O)c1cccc(NC(=O)Cn2nc(-c3cccs3)oc2=O)c1. The molecule has 3 aromatic rings. The van der Waals surface area contributed by atoms with Gasteiger partial charge in [0.25, 0.3) is 5.89 Å². The first-order valence-corrected chi connectivity index (χ1v) is 8.05. The van der Waals surface area contributed by atoms with Crippen molar-refractivity contribution in [3.8, 4) is 10.8 Å². The number of rotatable bonds is 5. The van der Waals surface area contributed by atoms with Crippen LogP contribution < -0.4 is 11.1 Å². The molecule has 0 unspecified atom stereocenters. The number of ether oxygens (including phenoxy) is 1. The fraction of sp³-hybridized carbons (Fsp3) is 0.125. The average Bonchev–Trinajstić information content (AvgIpc) is 3.25. The number of esters is 1. The fourth-order valence-electron chi connectivity index (χ4n) is 2.08. The smallest absolute Gasteiger partial charge is 0.437 e. The predicted molar refractivity (Wildman–Crippen MR) is 90.5 cm³/mol. The van der Waals surface area contributed by atoms with Gasteiger partial charge in [0, 0.05) is 5.69 Å². The summed E-state index contributed by atoms with van der Waals surface area (Å²) in [6.07, 6.45) is 0. The summed E-state index contributed by atoms with van der Waals surface area (Å²) in [5, 5.41) is 8.43. The minimum absolute atomic E-state index is 0.167. The van der Waals surface area contributed by atoms with Crippen LogP contribution in [0.2, 0.25) is 0 Å². The monoisotopic (exact) mass is 359 g/mol. The average molecular weight is 359 g/mol. The van der Waals surface area contributed by atoms with Crippen LogP contribution in [0.25, 0.3) is 10.8 Å². The molecule has 8 nitrogen and oxygen atoms in total. The molecule has 0 aliphatic heterocycles. The van der Waals surface area contributed by atoms with Crippen molar-refractivity contribution in [2.75, 3.05) is 12.4 Å². The third kappa shape index (κ3) is 3.83. The van der Waals surface area contributed by atoms with Crippen LogP contribution in [0.4, 0.5) is 5.69 Å². The number of nitrogens with zero attached hydrogens (tertiary/aromatic N) is 2. The third-order valence-electron chi connectivity index (χ3n) is 3.20. The van der Waals surface area contributed by atoms with Crippen molar-refractivity contribution in [1.29, 1.82) is 0 Å². The number of thiophene rings is 1. The molecule has 25 heavy (non-hydrogen) atoms. The second kappa shape index (κ2) is 7.14. The number of nitrogens with one attached hydrogen (secondary N) is 1. The van der Waals surface area contributed by atoms with Gasteiger partial charge in [-0.15, -0.1) is 16.4 Å². The quantitative estimate of drug-likeness (QED) is 0.699. The molecular weight excluding hydrogens is 346 g/mol. The molecule has 1 amide bonds. The Morgan fingerprint density at radius 2 is 2.16 bits per heavy atom. The molecule has 2 heterocycles. The van der Waals surface area contributed by atoms with E-state index in [4.69, 9.17) is 4.42 Å². The van der Waals surface area contributed by atoms with Gasteiger partial charge in [0.05, 0.1) is 17.6 Å². The number of amides is 1. The Labute approximate surface area is 145 Å². The Kier molecular flexibility index (Phi) is 4.75. The Morgan fingerprint density at radius 1 is 1.32 bits per heavy atom. The summed E-state index contributed by atoms with van der Waals surface area (Å²) < 4.78 is 10.6. The van der Waals surface area contributed by atoms with Crippen molar-refractivity contribution in [3.05, 3.63) is 57.9 Å². The molecule has 0 saturated heterocycles. The minimum atomic E-state index is -0.720. The summed E-state index contributed by atoms with van der Waals surface area (Å²) in [6, 6.07) is 9.84. The van der Waals surface area contributed by atoms with Crippen molar-refractivity contribution >= 4 is 28.9 Å². The molecule has 128 valence electrons. The largest absolute Gasteiger partial charge is 0.465 e. The maximum absolute atomic E-state index is 12.1. The first-order valence-electron chi connectivity index (χ1n) is 7.17. The third-order valence-corrected chi connectivity index (χ3v) is 4.06. The summed E-state index contributed by atoms with van der Waals surface area (Å²) >= 11 is 1.37. The molecule has 1 aromatic carbocycles. The highest BCUT2D eigenvalue weighted by Gasteiger charge is 2.14. The van der Waals surface area contributed by atoms with E-state index in [1.807, 2.05) is 5.38 Å². The zero-order chi connectivity index (χ0) is 17.8. The molecule has 0 aliphatic carbocycles. The first-order chi connectivity index (χ1) is 12.1. The van der Waals surface area contributed by atoms with E-state index in [-0.39, 0.29) is 12.4 Å². The molecule has 0 bridgehead atoms. The molecule has 0 fully saturated rings. The first kappa shape index (κ1) is 16.7. The van der Waals surface area contributed by atoms with E-state index in [0.717, 1.165) is 4.68 Å². The number of hydrogen-bond donors (Lipinski definition) is 1. The van der Waals surface area contributed by atoms with Crippen molar-refractivity contribution < 1.29 is 18.7 Å².